The number of tetrazole rings is 1. The van der Waals surface area contributed by atoms with Crippen LogP contribution >= 0.6 is 0 Å². The molecule has 0 amide bonds. The van der Waals surface area contributed by atoms with Crippen LogP contribution in [0.1, 0.15) is 11.5 Å². The molecule has 0 saturated carbocycles. The van der Waals surface area contributed by atoms with Gasteiger partial charge in [0.2, 0.25) is 0 Å². The van der Waals surface area contributed by atoms with Gasteiger partial charge in [0.25, 0.3) is 5.95 Å². The molecule has 1 aromatic carbocycles. The average molecular weight is 227 g/mol. The van der Waals surface area contributed by atoms with Crippen LogP contribution in [0.2, 0.25) is 0 Å². The van der Waals surface area contributed by atoms with Crippen LogP contribution in [0, 0.1) is 0 Å². The topological polar surface area (TPSA) is 91.2 Å². The molecule has 0 spiro atoms. The number of para-hydroxylation sites is 1. The molecule has 84 valence electrons. The summed E-state index contributed by atoms with van der Waals surface area (Å²) >= 11 is 0. The SMILES string of the molecule is C(=NNc1nn[nH]n1)[C@H]1C=Nc2ccccc21. The number of aliphatic imine (C=N–C) groups is 1. The molecule has 2 aromatic rings. The Bertz CT molecular complexity index is 558. The summed E-state index contributed by atoms with van der Waals surface area (Å²) in [6.45, 7) is 0. The molecule has 2 N–H and O–H groups in total. The molecule has 0 radical (unpaired) electrons. The van der Waals surface area contributed by atoms with Crippen molar-refractivity contribution in [3.8, 4) is 0 Å². The normalized spacial score (nSPS) is 17.5. The van der Waals surface area contributed by atoms with Gasteiger partial charge in [0, 0.05) is 12.4 Å². The van der Waals surface area contributed by atoms with Gasteiger partial charge < -0.3 is 0 Å². The van der Waals surface area contributed by atoms with Gasteiger partial charge >= 0.3 is 0 Å². The molecule has 0 unspecified atom stereocenters. The molecular weight excluding hydrogens is 218 g/mol. The van der Waals surface area contributed by atoms with Crippen molar-refractivity contribution in [2.24, 2.45) is 10.1 Å². The Labute approximate surface area is 96.7 Å². The number of hydrogen-bond donors (Lipinski definition) is 2. The second-order valence-electron chi connectivity index (χ2n) is 3.49. The highest BCUT2D eigenvalue weighted by molar-refractivity contribution is 5.96. The zero-order valence-corrected chi connectivity index (χ0v) is 8.78. The molecule has 0 bridgehead atoms. The van der Waals surface area contributed by atoms with Crippen molar-refractivity contribution >= 4 is 24.1 Å². The number of aromatic amines is 1. The number of benzene rings is 1. The molecule has 0 aliphatic carbocycles. The number of nitrogens with one attached hydrogen (secondary N) is 2. The molecule has 0 fully saturated rings. The number of hydrogen-bond acceptors (Lipinski definition) is 6. The van der Waals surface area contributed by atoms with E-state index in [1.165, 1.54) is 0 Å². The van der Waals surface area contributed by atoms with Crippen LogP contribution in [0.3, 0.4) is 0 Å². The first-order chi connectivity index (χ1) is 8.43. The van der Waals surface area contributed by atoms with E-state index in [4.69, 9.17) is 0 Å². The minimum Gasteiger partial charge on any atom is -0.260 e. The van der Waals surface area contributed by atoms with Gasteiger partial charge in [-0.3, -0.25) is 4.99 Å². The van der Waals surface area contributed by atoms with Crippen molar-refractivity contribution in [1.82, 2.24) is 20.6 Å². The van der Waals surface area contributed by atoms with E-state index in [0.717, 1.165) is 11.3 Å². The summed E-state index contributed by atoms with van der Waals surface area (Å²) in [7, 11) is 0. The van der Waals surface area contributed by atoms with E-state index in [-0.39, 0.29) is 5.92 Å². The number of fused-ring (bicyclic) bond motifs is 1. The van der Waals surface area contributed by atoms with Crippen LogP contribution in [0.15, 0.2) is 34.4 Å². The van der Waals surface area contributed by atoms with Crippen molar-refractivity contribution < 1.29 is 0 Å². The second-order valence-corrected chi connectivity index (χ2v) is 3.49. The van der Waals surface area contributed by atoms with Crippen molar-refractivity contribution in [3.05, 3.63) is 29.8 Å². The zero-order valence-electron chi connectivity index (χ0n) is 8.78. The van der Waals surface area contributed by atoms with Gasteiger partial charge in [-0.1, -0.05) is 23.3 Å². The van der Waals surface area contributed by atoms with Crippen molar-refractivity contribution in [1.29, 1.82) is 0 Å². The Morgan fingerprint density at radius 1 is 1.35 bits per heavy atom. The fourth-order valence-corrected chi connectivity index (χ4v) is 1.63. The molecule has 1 aromatic heterocycles. The lowest BCUT2D eigenvalue weighted by molar-refractivity contribution is 0.881. The first-order valence-corrected chi connectivity index (χ1v) is 5.09. The third-order valence-electron chi connectivity index (χ3n) is 2.42. The van der Waals surface area contributed by atoms with Gasteiger partial charge in [-0.2, -0.15) is 10.3 Å². The molecule has 2 heterocycles. The highest BCUT2D eigenvalue weighted by Crippen LogP contribution is 2.30. The van der Waals surface area contributed by atoms with Gasteiger partial charge in [0.1, 0.15) is 0 Å². The summed E-state index contributed by atoms with van der Waals surface area (Å²) in [5.41, 5.74) is 4.81. The molecule has 17 heavy (non-hydrogen) atoms. The van der Waals surface area contributed by atoms with Crippen molar-refractivity contribution in [3.63, 3.8) is 0 Å². The molecule has 7 heteroatoms. The minimum absolute atomic E-state index is 0.0885. The van der Waals surface area contributed by atoms with E-state index < -0.39 is 0 Å². The lowest BCUT2D eigenvalue weighted by atomic mass is 10.0. The van der Waals surface area contributed by atoms with Crippen molar-refractivity contribution in [2.75, 3.05) is 5.43 Å². The molecule has 1 atom stereocenters. The molecule has 7 nitrogen and oxygen atoms in total. The summed E-state index contributed by atoms with van der Waals surface area (Å²) in [6, 6.07) is 7.97. The maximum absolute atomic E-state index is 4.30. The van der Waals surface area contributed by atoms with E-state index in [9.17, 15) is 0 Å². The maximum Gasteiger partial charge on any atom is 0.283 e. The van der Waals surface area contributed by atoms with Gasteiger partial charge in [-0.25, -0.2) is 5.43 Å². The number of aromatic nitrogens is 4. The molecule has 0 saturated heterocycles. The number of nitrogens with zero attached hydrogens (tertiary/aromatic N) is 5. The van der Waals surface area contributed by atoms with E-state index in [0.29, 0.717) is 5.95 Å². The fourth-order valence-electron chi connectivity index (χ4n) is 1.63. The molecule has 1 aliphatic heterocycles. The van der Waals surface area contributed by atoms with E-state index in [1.807, 2.05) is 30.5 Å². The van der Waals surface area contributed by atoms with Crippen LogP contribution in [0.5, 0.6) is 0 Å². The summed E-state index contributed by atoms with van der Waals surface area (Å²) < 4.78 is 0. The first kappa shape index (κ1) is 9.64. The Kier molecular flexibility index (Phi) is 2.34. The second kappa shape index (κ2) is 4.12. The van der Waals surface area contributed by atoms with Crippen LogP contribution in [-0.4, -0.2) is 33.1 Å². The van der Waals surface area contributed by atoms with Crippen molar-refractivity contribution in [2.45, 2.75) is 5.92 Å². The first-order valence-electron chi connectivity index (χ1n) is 5.09. The smallest absolute Gasteiger partial charge is 0.260 e. The molecular formula is C10H9N7. The van der Waals surface area contributed by atoms with E-state index in [2.05, 4.69) is 36.1 Å². The lowest BCUT2D eigenvalue weighted by Gasteiger charge is -2.01. The number of hydrazone groups is 1. The fraction of sp³-hybridized carbons (Fsp3) is 0.100. The Morgan fingerprint density at radius 3 is 3.18 bits per heavy atom. The predicted octanol–water partition coefficient (Wildman–Crippen LogP) is 1.10. The summed E-state index contributed by atoms with van der Waals surface area (Å²) in [4.78, 5) is 4.30. The van der Waals surface area contributed by atoms with Crippen LogP contribution < -0.4 is 5.43 Å². The quantitative estimate of drug-likeness (QED) is 0.606. The maximum atomic E-state index is 4.30. The highest BCUT2D eigenvalue weighted by Gasteiger charge is 2.15. The third-order valence-corrected chi connectivity index (χ3v) is 2.42. The summed E-state index contributed by atoms with van der Waals surface area (Å²) in [6.07, 6.45) is 3.61. The largest absolute Gasteiger partial charge is 0.283 e. The Morgan fingerprint density at radius 2 is 2.29 bits per heavy atom. The monoisotopic (exact) mass is 227 g/mol. The average Bonchev–Trinajstić information content (AvgIpc) is 2.99. The van der Waals surface area contributed by atoms with E-state index >= 15 is 0 Å². The summed E-state index contributed by atoms with van der Waals surface area (Å²) in [5, 5.41) is 17.2. The Hall–Kier alpha value is -2.57. The number of H-pyrrole nitrogens is 1. The Balaban J connectivity index is 1.71. The van der Waals surface area contributed by atoms with Gasteiger partial charge in [-0.15, -0.1) is 5.10 Å². The van der Waals surface area contributed by atoms with Gasteiger partial charge in [-0.05, 0) is 16.8 Å². The van der Waals surface area contributed by atoms with Crippen LogP contribution in [0.25, 0.3) is 0 Å². The standard InChI is InChI=1S/C10H9N7/c1-2-4-9-8(3-1)7(5-11-9)6-12-13-10-14-16-17-15-10/h1-7H,(H2,13,14,15,16,17)/t7-/m1/s1. The van der Waals surface area contributed by atoms with Gasteiger partial charge in [0.15, 0.2) is 0 Å². The minimum atomic E-state index is 0.0885. The molecule has 1 aliphatic rings. The predicted molar refractivity (Wildman–Crippen MR) is 63.6 cm³/mol. The zero-order chi connectivity index (χ0) is 11.5. The van der Waals surface area contributed by atoms with Crippen LogP contribution in [0.4, 0.5) is 11.6 Å². The van der Waals surface area contributed by atoms with Gasteiger partial charge in [0.05, 0.1) is 11.6 Å². The number of anilines is 1. The lowest BCUT2D eigenvalue weighted by Crippen LogP contribution is -2.00. The van der Waals surface area contributed by atoms with E-state index in [1.54, 1.807) is 6.21 Å². The molecule has 3 rings (SSSR count). The summed E-state index contributed by atoms with van der Waals surface area (Å²) in [5.74, 6) is 0.426. The number of rotatable bonds is 3. The van der Waals surface area contributed by atoms with Crippen LogP contribution in [-0.2, 0) is 0 Å². The highest BCUT2D eigenvalue weighted by atomic mass is 15.5. The third kappa shape index (κ3) is 1.89.